The average molecular weight is 419 g/mol. The van der Waals surface area contributed by atoms with Gasteiger partial charge in [0.05, 0.1) is 16.7 Å². The summed E-state index contributed by atoms with van der Waals surface area (Å²) < 4.78 is 18.9. The van der Waals surface area contributed by atoms with Crippen LogP contribution < -0.4 is 15.5 Å². The Labute approximate surface area is 184 Å². The summed E-state index contributed by atoms with van der Waals surface area (Å²) in [5, 5.41) is 4.16. The standard InChI is InChI=1S/C24H30BN3O3/c1-16(2)27-22-26-14-18-12-19(25-30-23(3,4)24(5,6)31-25)21(13-20(18)28-22)29-15-17-10-8-7-9-11-17/h7-14,16H,15H2,1-6H3,(H,26,27,28). The lowest BCUT2D eigenvalue weighted by Crippen LogP contribution is -2.41. The summed E-state index contributed by atoms with van der Waals surface area (Å²) in [5.41, 5.74) is 1.86. The van der Waals surface area contributed by atoms with Crippen molar-refractivity contribution in [3.63, 3.8) is 0 Å². The van der Waals surface area contributed by atoms with Gasteiger partial charge in [-0.3, -0.25) is 0 Å². The summed E-state index contributed by atoms with van der Waals surface area (Å²) >= 11 is 0. The number of nitrogens with one attached hydrogen (secondary N) is 1. The van der Waals surface area contributed by atoms with Gasteiger partial charge in [0.15, 0.2) is 0 Å². The molecule has 3 aromatic rings. The van der Waals surface area contributed by atoms with E-state index in [0.29, 0.717) is 18.3 Å². The van der Waals surface area contributed by atoms with E-state index in [4.69, 9.17) is 14.0 Å². The minimum Gasteiger partial charge on any atom is -0.489 e. The number of fused-ring (bicyclic) bond motifs is 1. The van der Waals surface area contributed by atoms with E-state index in [1.54, 1.807) is 0 Å². The molecule has 0 bridgehead atoms. The zero-order valence-electron chi connectivity index (χ0n) is 19.1. The van der Waals surface area contributed by atoms with Crippen LogP contribution >= 0.6 is 0 Å². The zero-order valence-corrected chi connectivity index (χ0v) is 19.1. The van der Waals surface area contributed by atoms with Crippen LogP contribution in [-0.2, 0) is 15.9 Å². The van der Waals surface area contributed by atoms with Gasteiger partial charge in [0.1, 0.15) is 12.4 Å². The second kappa shape index (κ2) is 8.13. The van der Waals surface area contributed by atoms with Crippen molar-refractivity contribution in [2.24, 2.45) is 0 Å². The smallest absolute Gasteiger partial charge is 0.489 e. The molecule has 0 saturated carbocycles. The molecule has 31 heavy (non-hydrogen) atoms. The molecular formula is C24H30BN3O3. The first-order valence-electron chi connectivity index (χ1n) is 10.7. The lowest BCUT2D eigenvalue weighted by atomic mass is 9.77. The van der Waals surface area contributed by atoms with E-state index in [-0.39, 0.29) is 6.04 Å². The Kier molecular flexibility index (Phi) is 5.66. The molecule has 1 aliphatic heterocycles. The lowest BCUT2D eigenvalue weighted by molar-refractivity contribution is 0.00578. The molecule has 162 valence electrons. The van der Waals surface area contributed by atoms with Crippen molar-refractivity contribution in [1.82, 2.24) is 9.97 Å². The first-order chi connectivity index (χ1) is 14.6. The van der Waals surface area contributed by atoms with Gasteiger partial charge < -0.3 is 19.4 Å². The Bertz CT molecular complexity index is 1050. The third kappa shape index (κ3) is 4.53. The van der Waals surface area contributed by atoms with Crippen LogP contribution in [0, 0.1) is 0 Å². The van der Waals surface area contributed by atoms with Crippen molar-refractivity contribution in [1.29, 1.82) is 0 Å². The normalized spacial score (nSPS) is 17.3. The van der Waals surface area contributed by atoms with Gasteiger partial charge in [0, 0.05) is 29.2 Å². The van der Waals surface area contributed by atoms with Crippen LogP contribution in [0.25, 0.3) is 10.9 Å². The number of nitrogens with zero attached hydrogens (tertiary/aromatic N) is 2. The topological polar surface area (TPSA) is 65.5 Å². The molecule has 1 N–H and O–H groups in total. The number of aromatic nitrogens is 2. The highest BCUT2D eigenvalue weighted by Gasteiger charge is 2.52. The zero-order chi connectivity index (χ0) is 22.2. The summed E-state index contributed by atoms with van der Waals surface area (Å²) in [4.78, 5) is 9.12. The Morgan fingerprint density at radius 2 is 1.71 bits per heavy atom. The van der Waals surface area contributed by atoms with E-state index in [2.05, 4.69) is 29.1 Å². The van der Waals surface area contributed by atoms with E-state index in [1.165, 1.54) is 0 Å². The van der Waals surface area contributed by atoms with Crippen LogP contribution in [0.4, 0.5) is 5.95 Å². The van der Waals surface area contributed by atoms with Crippen LogP contribution in [0.3, 0.4) is 0 Å². The third-order valence-corrected chi connectivity index (χ3v) is 5.87. The van der Waals surface area contributed by atoms with E-state index >= 15 is 0 Å². The minimum absolute atomic E-state index is 0.246. The predicted octanol–water partition coefficient (Wildman–Crippen LogP) is 4.33. The van der Waals surface area contributed by atoms with E-state index in [1.807, 2.05) is 76.4 Å². The molecular weight excluding hydrogens is 389 g/mol. The molecule has 0 aliphatic carbocycles. The molecule has 0 amide bonds. The molecule has 0 atom stereocenters. The van der Waals surface area contributed by atoms with E-state index in [0.717, 1.165) is 21.9 Å². The van der Waals surface area contributed by atoms with Gasteiger partial charge in [-0.25, -0.2) is 9.97 Å². The van der Waals surface area contributed by atoms with Crippen LogP contribution in [0.2, 0.25) is 0 Å². The lowest BCUT2D eigenvalue weighted by Gasteiger charge is -2.32. The predicted molar refractivity (Wildman–Crippen MR) is 125 cm³/mol. The monoisotopic (exact) mass is 419 g/mol. The summed E-state index contributed by atoms with van der Waals surface area (Å²) in [6, 6.07) is 14.3. The van der Waals surface area contributed by atoms with Crippen molar-refractivity contribution in [2.45, 2.75) is 65.4 Å². The Hall–Kier alpha value is -2.64. The number of ether oxygens (including phenoxy) is 1. The largest absolute Gasteiger partial charge is 0.498 e. The average Bonchev–Trinajstić information content (AvgIpc) is 2.93. The molecule has 1 fully saturated rings. The molecule has 1 aliphatic rings. The van der Waals surface area contributed by atoms with Crippen molar-refractivity contribution in [3.05, 3.63) is 54.2 Å². The number of hydrogen-bond donors (Lipinski definition) is 1. The van der Waals surface area contributed by atoms with E-state index < -0.39 is 18.3 Å². The Morgan fingerprint density at radius 3 is 2.35 bits per heavy atom. The SMILES string of the molecule is CC(C)Nc1ncc2cc(B3OC(C)(C)C(C)(C)O3)c(OCc3ccccc3)cc2n1. The van der Waals surface area contributed by atoms with Gasteiger partial charge in [-0.05, 0) is 53.2 Å². The van der Waals surface area contributed by atoms with Gasteiger partial charge in [0.25, 0.3) is 0 Å². The highest BCUT2D eigenvalue weighted by Crippen LogP contribution is 2.37. The summed E-state index contributed by atoms with van der Waals surface area (Å²) in [6.45, 7) is 12.8. The fraction of sp³-hybridized carbons (Fsp3) is 0.417. The van der Waals surface area contributed by atoms with Crippen molar-refractivity contribution < 1.29 is 14.0 Å². The number of rotatable bonds is 6. The van der Waals surface area contributed by atoms with Gasteiger partial charge >= 0.3 is 7.12 Å². The molecule has 0 radical (unpaired) electrons. The molecule has 2 aromatic carbocycles. The highest BCUT2D eigenvalue weighted by atomic mass is 16.7. The van der Waals surface area contributed by atoms with Crippen LogP contribution in [0.15, 0.2) is 48.7 Å². The van der Waals surface area contributed by atoms with E-state index in [9.17, 15) is 0 Å². The summed E-state index contributed by atoms with van der Waals surface area (Å²) in [6.07, 6.45) is 1.82. The fourth-order valence-corrected chi connectivity index (χ4v) is 3.42. The number of hydrogen-bond acceptors (Lipinski definition) is 6. The van der Waals surface area contributed by atoms with Crippen LogP contribution in [0.5, 0.6) is 5.75 Å². The summed E-state index contributed by atoms with van der Waals surface area (Å²) in [5.74, 6) is 1.30. The molecule has 0 unspecified atom stereocenters. The van der Waals surface area contributed by atoms with Crippen LogP contribution in [0.1, 0.15) is 47.1 Å². The van der Waals surface area contributed by atoms with Crippen LogP contribution in [-0.4, -0.2) is 34.3 Å². The van der Waals surface area contributed by atoms with Crippen molar-refractivity contribution in [3.8, 4) is 5.75 Å². The molecule has 1 saturated heterocycles. The molecule has 0 spiro atoms. The number of benzene rings is 2. The van der Waals surface area contributed by atoms with Gasteiger partial charge in [-0.2, -0.15) is 0 Å². The van der Waals surface area contributed by atoms with Crippen molar-refractivity contribution in [2.75, 3.05) is 5.32 Å². The Balaban J connectivity index is 1.73. The first kappa shape index (κ1) is 21.6. The maximum Gasteiger partial charge on any atom is 0.498 e. The molecule has 6 nitrogen and oxygen atoms in total. The molecule has 2 heterocycles. The molecule has 1 aromatic heterocycles. The maximum absolute atomic E-state index is 6.31. The second-order valence-electron chi connectivity index (χ2n) is 9.30. The van der Waals surface area contributed by atoms with Crippen molar-refractivity contribution >= 4 is 29.4 Å². The minimum atomic E-state index is -0.534. The highest BCUT2D eigenvalue weighted by molar-refractivity contribution is 6.63. The fourth-order valence-electron chi connectivity index (χ4n) is 3.42. The number of anilines is 1. The first-order valence-corrected chi connectivity index (χ1v) is 10.7. The quantitative estimate of drug-likeness (QED) is 0.600. The third-order valence-electron chi connectivity index (χ3n) is 5.87. The van der Waals surface area contributed by atoms with Gasteiger partial charge in [-0.15, -0.1) is 0 Å². The maximum atomic E-state index is 6.31. The molecule has 4 rings (SSSR count). The second-order valence-corrected chi connectivity index (χ2v) is 9.30. The summed E-state index contributed by atoms with van der Waals surface area (Å²) in [7, 11) is -0.534. The molecule has 7 heteroatoms. The van der Waals surface area contributed by atoms with Gasteiger partial charge in [0.2, 0.25) is 5.95 Å². The van der Waals surface area contributed by atoms with Gasteiger partial charge in [-0.1, -0.05) is 30.3 Å². The Morgan fingerprint density at radius 1 is 1.03 bits per heavy atom.